The van der Waals surface area contributed by atoms with Gasteiger partial charge in [-0.2, -0.15) is 0 Å². The van der Waals surface area contributed by atoms with Crippen molar-refractivity contribution in [2.24, 2.45) is 0 Å². The molecular formula is C17H21N3O4. The van der Waals surface area contributed by atoms with Gasteiger partial charge in [0.05, 0.1) is 24.4 Å². The van der Waals surface area contributed by atoms with Crippen LogP contribution in [0, 0.1) is 0 Å². The Kier molecular flexibility index (Phi) is 4.28. The number of β-amino-alcohol motifs (C(OH)–C–C–N with tert-alkyl or cyclic N) is 1. The predicted octanol–water partition coefficient (Wildman–Crippen LogP) is 2.78. The predicted molar refractivity (Wildman–Crippen MR) is 86.0 cm³/mol. The number of rotatable bonds is 2. The maximum Gasteiger partial charge on any atom is 0.411 e. The Morgan fingerprint density at radius 2 is 2.17 bits per heavy atom. The molecule has 1 fully saturated rings. The van der Waals surface area contributed by atoms with E-state index in [-0.39, 0.29) is 6.54 Å². The number of carbonyl (C=O) groups is 1. The van der Waals surface area contributed by atoms with E-state index in [0.717, 1.165) is 0 Å². The molecule has 3 heterocycles. The topological polar surface area (TPSA) is 88.7 Å². The van der Waals surface area contributed by atoms with Crippen LogP contribution in [0.15, 0.2) is 35.0 Å². The second-order valence-corrected chi connectivity index (χ2v) is 6.87. The molecule has 24 heavy (non-hydrogen) atoms. The molecule has 0 saturated carbocycles. The zero-order chi connectivity index (χ0) is 17.3. The van der Waals surface area contributed by atoms with Crippen LogP contribution in [0.2, 0.25) is 0 Å². The smallest absolute Gasteiger partial charge is 0.411 e. The second-order valence-electron chi connectivity index (χ2n) is 6.87. The third-order valence-corrected chi connectivity index (χ3v) is 3.69. The molecule has 1 saturated heterocycles. The summed E-state index contributed by atoms with van der Waals surface area (Å²) in [6.07, 6.45) is 0.970. The molecule has 0 bridgehead atoms. The maximum atomic E-state index is 12.4. The average Bonchev–Trinajstić information content (AvgIpc) is 3.12. The monoisotopic (exact) mass is 331 g/mol. The minimum absolute atomic E-state index is 0.208. The van der Waals surface area contributed by atoms with Crippen LogP contribution >= 0.6 is 0 Å². The summed E-state index contributed by atoms with van der Waals surface area (Å²) in [5, 5.41) is 14.0. The summed E-state index contributed by atoms with van der Waals surface area (Å²) in [5.74, 6) is 0.512. The van der Waals surface area contributed by atoms with E-state index in [9.17, 15) is 9.90 Å². The van der Waals surface area contributed by atoms with Gasteiger partial charge in [-0.1, -0.05) is 11.2 Å². The van der Waals surface area contributed by atoms with E-state index in [4.69, 9.17) is 9.26 Å². The van der Waals surface area contributed by atoms with Gasteiger partial charge in [-0.25, -0.2) is 4.79 Å². The summed E-state index contributed by atoms with van der Waals surface area (Å²) in [6, 6.07) is 6.87. The first-order chi connectivity index (χ1) is 11.3. The lowest BCUT2D eigenvalue weighted by atomic mass is 10.1. The Hall–Kier alpha value is -2.41. The first-order valence-electron chi connectivity index (χ1n) is 7.89. The molecular weight excluding hydrogens is 310 g/mol. The number of hydrogen-bond donors (Lipinski definition) is 1. The van der Waals surface area contributed by atoms with Crippen molar-refractivity contribution in [3.05, 3.63) is 36.2 Å². The first-order valence-corrected chi connectivity index (χ1v) is 7.89. The lowest BCUT2D eigenvalue weighted by Gasteiger charge is -2.27. The van der Waals surface area contributed by atoms with Crippen LogP contribution in [0.1, 0.15) is 39.0 Å². The molecule has 1 N–H and O–H groups in total. The summed E-state index contributed by atoms with van der Waals surface area (Å²) in [6.45, 7) is 5.62. The number of aromatic nitrogens is 2. The highest BCUT2D eigenvalue weighted by Crippen LogP contribution is 2.34. The van der Waals surface area contributed by atoms with Crippen LogP contribution in [0.25, 0.3) is 11.4 Å². The van der Waals surface area contributed by atoms with E-state index in [2.05, 4.69) is 10.1 Å². The normalized spacial score (nSPS) is 21.1. The largest absolute Gasteiger partial charge is 0.444 e. The quantitative estimate of drug-likeness (QED) is 0.910. The van der Waals surface area contributed by atoms with E-state index in [1.54, 1.807) is 33.0 Å². The van der Waals surface area contributed by atoms with Crippen molar-refractivity contribution in [3.63, 3.8) is 0 Å². The molecule has 1 aliphatic rings. The summed E-state index contributed by atoms with van der Waals surface area (Å²) in [5.41, 5.74) is 0.682. The van der Waals surface area contributed by atoms with Crippen LogP contribution in [0.5, 0.6) is 0 Å². The molecule has 0 aromatic carbocycles. The van der Waals surface area contributed by atoms with Gasteiger partial charge >= 0.3 is 6.09 Å². The van der Waals surface area contributed by atoms with E-state index in [1.165, 1.54) is 4.90 Å². The Bertz CT molecular complexity index is 708. The average molecular weight is 331 g/mol. The van der Waals surface area contributed by atoms with E-state index >= 15 is 0 Å². The summed E-state index contributed by atoms with van der Waals surface area (Å²) in [7, 11) is 0. The molecule has 0 aliphatic carbocycles. The Balaban J connectivity index is 1.82. The standard InChI is InChI=1S/C17H21N3O4/c1-17(2,3)23-16(22)20-10-11(21)8-14(20)15-9-13(19-24-15)12-6-4-5-7-18-12/h4-7,9,11,14,21H,8,10H2,1-3H3/t11-,14+/m1/s1. The molecule has 7 nitrogen and oxygen atoms in total. The fourth-order valence-electron chi connectivity index (χ4n) is 2.69. The molecule has 0 unspecified atom stereocenters. The van der Waals surface area contributed by atoms with Crippen LogP contribution in [-0.4, -0.2) is 44.5 Å². The lowest BCUT2D eigenvalue weighted by molar-refractivity contribution is 0.0188. The first kappa shape index (κ1) is 16.4. The molecule has 3 rings (SSSR count). The van der Waals surface area contributed by atoms with Gasteiger partial charge in [0.1, 0.15) is 11.3 Å². The summed E-state index contributed by atoms with van der Waals surface area (Å²) < 4.78 is 10.8. The molecule has 128 valence electrons. The maximum absolute atomic E-state index is 12.4. The summed E-state index contributed by atoms with van der Waals surface area (Å²) in [4.78, 5) is 18.1. The molecule has 2 aromatic heterocycles. The third kappa shape index (κ3) is 3.56. The molecule has 1 amide bonds. The molecule has 7 heteroatoms. The number of aliphatic hydroxyl groups is 1. The fraction of sp³-hybridized carbons (Fsp3) is 0.471. The van der Waals surface area contributed by atoms with E-state index in [0.29, 0.717) is 23.6 Å². The minimum Gasteiger partial charge on any atom is -0.444 e. The van der Waals surface area contributed by atoms with Gasteiger partial charge in [-0.3, -0.25) is 9.88 Å². The highest BCUT2D eigenvalue weighted by Gasteiger charge is 2.39. The number of pyridine rings is 1. The van der Waals surface area contributed by atoms with Crippen molar-refractivity contribution in [2.75, 3.05) is 6.54 Å². The molecule has 0 spiro atoms. The molecule has 2 aromatic rings. The number of likely N-dealkylation sites (tertiary alicyclic amines) is 1. The van der Waals surface area contributed by atoms with E-state index < -0.39 is 23.8 Å². The fourth-order valence-corrected chi connectivity index (χ4v) is 2.69. The highest BCUT2D eigenvalue weighted by molar-refractivity contribution is 5.69. The zero-order valence-electron chi connectivity index (χ0n) is 14.0. The second kappa shape index (κ2) is 6.24. The van der Waals surface area contributed by atoms with Crippen molar-refractivity contribution < 1.29 is 19.2 Å². The van der Waals surface area contributed by atoms with Gasteiger partial charge < -0.3 is 14.4 Å². The lowest BCUT2D eigenvalue weighted by Crippen LogP contribution is -2.37. The van der Waals surface area contributed by atoms with Gasteiger partial charge in [0.2, 0.25) is 0 Å². The van der Waals surface area contributed by atoms with Gasteiger partial charge in [-0.15, -0.1) is 0 Å². The van der Waals surface area contributed by atoms with Crippen molar-refractivity contribution in [1.29, 1.82) is 0 Å². The van der Waals surface area contributed by atoms with Crippen molar-refractivity contribution in [2.45, 2.75) is 44.9 Å². The Morgan fingerprint density at radius 1 is 1.38 bits per heavy atom. The SMILES string of the molecule is CC(C)(C)OC(=O)N1C[C@H](O)C[C@H]1c1cc(-c2ccccn2)no1. The Labute approximate surface area is 140 Å². The van der Waals surface area contributed by atoms with Gasteiger partial charge in [0.15, 0.2) is 5.76 Å². The van der Waals surface area contributed by atoms with E-state index in [1.807, 2.05) is 18.2 Å². The molecule has 1 aliphatic heterocycles. The number of amides is 1. The van der Waals surface area contributed by atoms with Crippen LogP contribution in [-0.2, 0) is 4.74 Å². The number of nitrogens with zero attached hydrogens (tertiary/aromatic N) is 3. The van der Waals surface area contributed by atoms with Crippen molar-refractivity contribution in [1.82, 2.24) is 15.0 Å². The number of aliphatic hydroxyl groups excluding tert-OH is 1. The van der Waals surface area contributed by atoms with Gasteiger partial charge in [-0.05, 0) is 32.9 Å². The number of ether oxygens (including phenoxy) is 1. The Morgan fingerprint density at radius 3 is 2.83 bits per heavy atom. The summed E-state index contributed by atoms with van der Waals surface area (Å²) >= 11 is 0. The molecule has 2 atom stereocenters. The number of hydrogen-bond acceptors (Lipinski definition) is 6. The number of carbonyl (C=O) groups excluding carboxylic acids is 1. The van der Waals surface area contributed by atoms with Crippen LogP contribution < -0.4 is 0 Å². The zero-order valence-corrected chi connectivity index (χ0v) is 14.0. The third-order valence-electron chi connectivity index (χ3n) is 3.69. The highest BCUT2D eigenvalue weighted by atomic mass is 16.6. The van der Waals surface area contributed by atoms with Crippen LogP contribution in [0.4, 0.5) is 4.79 Å². The van der Waals surface area contributed by atoms with Crippen LogP contribution in [0.3, 0.4) is 0 Å². The van der Waals surface area contributed by atoms with Gasteiger partial charge in [0, 0.05) is 18.7 Å². The van der Waals surface area contributed by atoms with Crippen molar-refractivity contribution in [3.8, 4) is 11.4 Å². The van der Waals surface area contributed by atoms with Gasteiger partial charge in [0.25, 0.3) is 0 Å². The van der Waals surface area contributed by atoms with Crippen molar-refractivity contribution >= 4 is 6.09 Å². The minimum atomic E-state index is -0.620. The molecule has 0 radical (unpaired) electrons.